The molecule has 0 spiro atoms. The number of furan rings is 1. The van der Waals surface area contributed by atoms with Crippen molar-refractivity contribution in [2.24, 2.45) is 0 Å². The predicted octanol–water partition coefficient (Wildman–Crippen LogP) is 8.41. The minimum atomic E-state index is -0.701. The zero-order chi connectivity index (χ0) is 25.2. The lowest BCUT2D eigenvalue weighted by atomic mass is 9.91. The lowest BCUT2D eigenvalue weighted by molar-refractivity contribution is 0.574. The molecule has 174 valence electrons. The molecule has 0 saturated carbocycles. The summed E-state index contributed by atoms with van der Waals surface area (Å²) in [5, 5.41) is 2.08. The smallest absolute Gasteiger partial charge is 0.149 e. The van der Waals surface area contributed by atoms with E-state index in [0.29, 0.717) is 0 Å². The van der Waals surface area contributed by atoms with Gasteiger partial charge >= 0.3 is 0 Å². The van der Waals surface area contributed by atoms with Gasteiger partial charge < -0.3 is 4.42 Å². The van der Waals surface area contributed by atoms with Crippen LogP contribution in [0.3, 0.4) is 0 Å². The summed E-state index contributed by atoms with van der Waals surface area (Å²) in [5.41, 5.74) is 7.20. The van der Waals surface area contributed by atoms with Crippen LogP contribution < -0.4 is 0 Å². The Morgan fingerprint density at radius 1 is 0.914 bits per heavy atom. The molecule has 0 amide bonds. The fourth-order valence-corrected chi connectivity index (χ4v) is 4.86. The Morgan fingerprint density at radius 2 is 1.71 bits per heavy atom. The van der Waals surface area contributed by atoms with Crippen LogP contribution in [0.1, 0.15) is 53.1 Å². The summed E-state index contributed by atoms with van der Waals surface area (Å²) in [5.74, 6) is 0.119. The molecule has 3 aromatic heterocycles. The van der Waals surface area contributed by atoms with Crippen molar-refractivity contribution in [3.63, 3.8) is 0 Å². The molecule has 0 atom stereocenters. The minimum Gasteiger partial charge on any atom is -0.455 e. The Balaban J connectivity index is 1.70. The fraction of sp³-hybridized carbons (Fsp3) is 0.226. The first-order valence-corrected chi connectivity index (χ1v) is 12.0. The van der Waals surface area contributed by atoms with Gasteiger partial charge in [0.15, 0.2) is 0 Å². The first-order chi connectivity index (χ1) is 17.1. The van der Waals surface area contributed by atoms with Gasteiger partial charge in [0, 0.05) is 29.4 Å². The lowest BCUT2D eigenvalue weighted by Gasteiger charge is -2.17. The molecule has 0 aliphatic rings. The zero-order valence-corrected chi connectivity index (χ0v) is 20.8. The Bertz CT molecular complexity index is 1750. The standard InChI is InChI=1S/C31H29N3O/c1-19(2)20-14-15-22-23-12-9-13-24(28(23)35-26(22)18-20)30-33-27-25(16-17-32-29(27)31(3,4)5)34(30)21-10-7-6-8-11-21/h6-19H,1-5H3/i19D. The predicted molar refractivity (Wildman–Crippen MR) is 144 cm³/mol. The van der Waals surface area contributed by atoms with Crippen molar-refractivity contribution in [1.82, 2.24) is 14.5 Å². The van der Waals surface area contributed by atoms with Crippen LogP contribution in [0.15, 0.2) is 83.4 Å². The van der Waals surface area contributed by atoms with Crippen LogP contribution in [-0.4, -0.2) is 14.5 Å². The van der Waals surface area contributed by atoms with Crippen molar-refractivity contribution >= 4 is 33.0 Å². The Morgan fingerprint density at radius 3 is 2.46 bits per heavy atom. The number of rotatable bonds is 3. The molecule has 6 rings (SSSR count). The molecule has 0 aliphatic carbocycles. The summed E-state index contributed by atoms with van der Waals surface area (Å²) in [6, 6.07) is 24.7. The number of fused-ring (bicyclic) bond motifs is 4. The Labute approximate surface area is 206 Å². The van der Waals surface area contributed by atoms with Crippen LogP contribution in [0.5, 0.6) is 0 Å². The first-order valence-electron chi connectivity index (χ1n) is 12.5. The van der Waals surface area contributed by atoms with Crippen molar-refractivity contribution in [1.29, 1.82) is 0 Å². The van der Waals surface area contributed by atoms with E-state index in [2.05, 4.69) is 61.7 Å². The van der Waals surface area contributed by atoms with Crippen molar-refractivity contribution < 1.29 is 5.79 Å². The van der Waals surface area contributed by atoms with Crippen LogP contribution in [-0.2, 0) is 5.41 Å². The maximum atomic E-state index is 8.45. The number of pyridine rings is 1. The van der Waals surface area contributed by atoms with Gasteiger partial charge in [-0.25, -0.2) is 4.98 Å². The second kappa shape index (κ2) is 7.81. The van der Waals surface area contributed by atoms with E-state index in [-0.39, 0.29) is 5.41 Å². The van der Waals surface area contributed by atoms with Crippen molar-refractivity contribution in [2.45, 2.75) is 45.9 Å². The Hall–Kier alpha value is -3.92. The molecular weight excluding hydrogens is 430 g/mol. The molecule has 6 aromatic rings. The van der Waals surface area contributed by atoms with Crippen LogP contribution >= 0.6 is 0 Å². The van der Waals surface area contributed by atoms with Crippen LogP contribution in [0, 0.1) is 0 Å². The maximum absolute atomic E-state index is 8.45. The van der Waals surface area contributed by atoms with Crippen molar-refractivity contribution in [2.75, 3.05) is 0 Å². The monoisotopic (exact) mass is 460 g/mol. The summed E-state index contributed by atoms with van der Waals surface area (Å²) in [6.07, 6.45) is 1.87. The van der Waals surface area contributed by atoms with Gasteiger partial charge in [0.2, 0.25) is 0 Å². The Kier molecular flexibility index (Phi) is 4.56. The number of aromatic nitrogens is 3. The normalized spacial score (nSPS) is 13.1. The molecular formula is C31H29N3O. The highest BCUT2D eigenvalue weighted by Gasteiger charge is 2.25. The number of benzene rings is 3. The molecule has 0 unspecified atom stereocenters. The summed E-state index contributed by atoms with van der Waals surface area (Å²) >= 11 is 0. The second-order valence-corrected chi connectivity index (χ2v) is 10.4. The topological polar surface area (TPSA) is 43.9 Å². The molecule has 3 aromatic carbocycles. The molecule has 4 heteroatoms. The largest absolute Gasteiger partial charge is 0.455 e. The number of nitrogens with zero attached hydrogens (tertiary/aromatic N) is 3. The van der Waals surface area contributed by atoms with Gasteiger partial charge in [-0.1, -0.05) is 77.1 Å². The highest BCUT2D eigenvalue weighted by atomic mass is 16.3. The van der Waals surface area contributed by atoms with Crippen molar-refractivity contribution in [3.8, 4) is 17.1 Å². The summed E-state index contributed by atoms with van der Waals surface area (Å²) in [6.45, 7) is 10.3. The van der Waals surface area contributed by atoms with Gasteiger partial charge in [-0.15, -0.1) is 0 Å². The first kappa shape index (κ1) is 20.5. The third kappa shape index (κ3) is 3.44. The van der Waals surface area contributed by atoms with Crippen LogP contribution in [0.2, 0.25) is 0 Å². The molecule has 0 aliphatic heterocycles. The number of para-hydroxylation sites is 2. The van der Waals surface area contributed by atoms with Gasteiger partial charge in [-0.05, 0) is 41.8 Å². The summed E-state index contributed by atoms with van der Waals surface area (Å²) in [7, 11) is 0. The molecule has 4 nitrogen and oxygen atoms in total. The van der Waals surface area contributed by atoms with Gasteiger partial charge in [-0.2, -0.15) is 0 Å². The van der Waals surface area contributed by atoms with Crippen LogP contribution in [0.4, 0.5) is 0 Å². The summed E-state index contributed by atoms with van der Waals surface area (Å²) in [4.78, 5) is 9.95. The molecule has 0 bridgehead atoms. The molecule has 0 N–H and O–H groups in total. The van der Waals surface area contributed by atoms with E-state index in [0.717, 1.165) is 61.3 Å². The average Bonchev–Trinajstić information content (AvgIpc) is 3.41. The highest BCUT2D eigenvalue weighted by molar-refractivity contribution is 6.09. The van der Waals surface area contributed by atoms with Gasteiger partial charge in [0.05, 0.1) is 16.8 Å². The fourth-order valence-electron chi connectivity index (χ4n) is 4.86. The molecule has 3 heterocycles. The van der Waals surface area contributed by atoms with Crippen LogP contribution in [0.25, 0.3) is 50.0 Å². The lowest BCUT2D eigenvalue weighted by Crippen LogP contribution is -2.14. The van der Waals surface area contributed by atoms with E-state index >= 15 is 0 Å². The SMILES string of the molecule is [2H]C(C)(C)c1ccc2c(c1)oc1c(-c3nc4c(C(C)(C)C)nccc4n3-c3ccccc3)cccc12. The molecule has 0 saturated heterocycles. The highest BCUT2D eigenvalue weighted by Crippen LogP contribution is 2.39. The number of imidazole rings is 1. The number of hydrogen-bond donors (Lipinski definition) is 0. The van der Waals surface area contributed by atoms with E-state index < -0.39 is 5.89 Å². The average molecular weight is 461 g/mol. The van der Waals surface area contributed by atoms with Gasteiger partial charge in [0.25, 0.3) is 0 Å². The minimum absolute atomic E-state index is 0.155. The molecule has 0 fully saturated rings. The quantitative estimate of drug-likeness (QED) is 0.266. The summed E-state index contributed by atoms with van der Waals surface area (Å²) < 4.78 is 17.2. The van der Waals surface area contributed by atoms with Gasteiger partial charge in [-0.3, -0.25) is 9.55 Å². The van der Waals surface area contributed by atoms with Crippen molar-refractivity contribution in [3.05, 3.63) is 90.3 Å². The molecule has 35 heavy (non-hydrogen) atoms. The third-order valence-corrected chi connectivity index (χ3v) is 6.62. The number of hydrogen-bond acceptors (Lipinski definition) is 3. The molecule has 0 radical (unpaired) electrons. The zero-order valence-electron chi connectivity index (χ0n) is 21.8. The second-order valence-electron chi connectivity index (χ2n) is 10.4. The van der Waals surface area contributed by atoms with E-state index in [4.69, 9.17) is 15.8 Å². The third-order valence-electron chi connectivity index (χ3n) is 6.62. The van der Waals surface area contributed by atoms with E-state index in [1.807, 2.05) is 56.4 Å². The van der Waals surface area contributed by atoms with Gasteiger partial charge in [0.1, 0.15) is 22.5 Å². The van der Waals surface area contributed by atoms with E-state index in [9.17, 15) is 0 Å². The maximum Gasteiger partial charge on any atom is 0.149 e. The van der Waals surface area contributed by atoms with E-state index in [1.165, 1.54) is 0 Å². The van der Waals surface area contributed by atoms with E-state index in [1.54, 1.807) is 0 Å².